The van der Waals surface area contributed by atoms with Crippen LogP contribution < -0.4 is 14.9 Å². The van der Waals surface area contributed by atoms with E-state index in [0.717, 1.165) is 47.7 Å². The Kier molecular flexibility index (Phi) is 9.07. The highest BCUT2D eigenvalue weighted by molar-refractivity contribution is 5.95. The number of carbonyl (C=O) groups is 2. The van der Waals surface area contributed by atoms with Crippen LogP contribution in [0.4, 0.5) is 0 Å². The number of hydrogen-bond donors (Lipinski definition) is 1. The summed E-state index contributed by atoms with van der Waals surface area (Å²) in [7, 11) is 0. The van der Waals surface area contributed by atoms with E-state index >= 15 is 0 Å². The van der Waals surface area contributed by atoms with Gasteiger partial charge in [0.1, 0.15) is 11.5 Å². The van der Waals surface area contributed by atoms with Crippen molar-refractivity contribution in [1.82, 2.24) is 14.9 Å². The van der Waals surface area contributed by atoms with Crippen molar-refractivity contribution in [2.75, 3.05) is 13.2 Å². The smallest absolute Gasteiger partial charge is 0.271 e. The number of hydrazone groups is 1. The first-order valence-electron chi connectivity index (χ1n) is 13.6. The minimum atomic E-state index is -0.329. The van der Waals surface area contributed by atoms with E-state index in [9.17, 15) is 9.59 Å². The Morgan fingerprint density at radius 3 is 2.23 bits per heavy atom. The first-order valence-corrected chi connectivity index (χ1v) is 13.6. The molecule has 1 fully saturated rings. The maximum absolute atomic E-state index is 12.7. The second-order valence-corrected chi connectivity index (χ2v) is 10.0. The summed E-state index contributed by atoms with van der Waals surface area (Å²) < 4.78 is 13.4. The van der Waals surface area contributed by atoms with Crippen molar-refractivity contribution in [3.8, 4) is 17.2 Å². The average Bonchev–Trinajstić information content (AvgIpc) is 3.20. The molecule has 0 radical (unpaired) electrons. The van der Waals surface area contributed by atoms with Crippen LogP contribution in [-0.2, 0) is 4.79 Å². The lowest BCUT2D eigenvalue weighted by Gasteiger charge is -2.38. The first kappa shape index (κ1) is 28.0. The van der Waals surface area contributed by atoms with Crippen molar-refractivity contribution in [3.63, 3.8) is 0 Å². The molecule has 2 heterocycles. The molecule has 8 heteroatoms. The molecule has 3 aromatic rings. The van der Waals surface area contributed by atoms with Gasteiger partial charge in [-0.3, -0.25) is 9.59 Å². The van der Waals surface area contributed by atoms with Crippen LogP contribution >= 0.6 is 0 Å². The molecule has 1 aliphatic rings. The summed E-state index contributed by atoms with van der Waals surface area (Å²) in [6, 6.07) is 17.1. The summed E-state index contributed by atoms with van der Waals surface area (Å²) in [5.41, 5.74) is 7.05. The number of piperidine rings is 1. The lowest BCUT2D eigenvalue weighted by molar-refractivity contribution is -0.139. The quantitative estimate of drug-likeness (QED) is 0.296. The number of nitrogens with zero attached hydrogens (tertiary/aromatic N) is 3. The maximum Gasteiger partial charge on any atom is 0.271 e. The van der Waals surface area contributed by atoms with Gasteiger partial charge in [0.2, 0.25) is 0 Å². The molecular weight excluding hydrogens is 492 g/mol. The number of benzene rings is 2. The Labute approximate surface area is 230 Å². The predicted molar refractivity (Wildman–Crippen MR) is 153 cm³/mol. The summed E-state index contributed by atoms with van der Waals surface area (Å²) in [6.45, 7) is 10.8. The normalized spacial score (nSPS) is 17.3. The minimum Gasteiger partial charge on any atom is -0.494 e. The number of aromatic nitrogens is 1. The van der Waals surface area contributed by atoms with Crippen molar-refractivity contribution in [2.24, 2.45) is 5.10 Å². The van der Waals surface area contributed by atoms with E-state index in [1.165, 1.54) is 0 Å². The van der Waals surface area contributed by atoms with Gasteiger partial charge in [-0.05, 0) is 108 Å². The minimum absolute atomic E-state index is 0.00672. The molecule has 1 aromatic heterocycles. The molecule has 8 nitrogen and oxygen atoms in total. The second kappa shape index (κ2) is 12.7. The number of ether oxygens (including phenoxy) is 2. The van der Waals surface area contributed by atoms with Crippen molar-refractivity contribution in [2.45, 2.75) is 66.0 Å². The number of amides is 2. The maximum atomic E-state index is 12.7. The summed E-state index contributed by atoms with van der Waals surface area (Å²) >= 11 is 0. The number of aryl methyl sites for hydroxylation is 1. The molecular formula is C31H38N4O4. The number of carbonyl (C=O) groups excluding carboxylic acids is 2. The number of rotatable bonds is 9. The molecule has 1 saturated heterocycles. The van der Waals surface area contributed by atoms with Crippen molar-refractivity contribution in [3.05, 3.63) is 77.1 Å². The molecule has 39 heavy (non-hydrogen) atoms. The van der Waals surface area contributed by atoms with Crippen LogP contribution in [0.15, 0.2) is 59.7 Å². The van der Waals surface area contributed by atoms with E-state index in [-0.39, 0.29) is 30.5 Å². The third kappa shape index (κ3) is 6.69. The van der Waals surface area contributed by atoms with Gasteiger partial charge in [-0.1, -0.05) is 0 Å². The van der Waals surface area contributed by atoms with E-state index in [2.05, 4.69) is 28.9 Å². The Morgan fingerprint density at radius 1 is 0.974 bits per heavy atom. The van der Waals surface area contributed by atoms with Crippen molar-refractivity contribution < 1.29 is 19.1 Å². The third-order valence-corrected chi connectivity index (χ3v) is 7.21. The average molecular weight is 531 g/mol. The Hall–Kier alpha value is -4.07. The molecule has 1 aliphatic heterocycles. The number of hydrogen-bond acceptors (Lipinski definition) is 5. The molecule has 4 rings (SSSR count). The highest BCUT2D eigenvalue weighted by Crippen LogP contribution is 2.24. The Bertz CT molecular complexity index is 1300. The molecule has 2 atom stereocenters. The lowest BCUT2D eigenvalue weighted by atomic mass is 9.97. The van der Waals surface area contributed by atoms with Gasteiger partial charge < -0.3 is 18.9 Å². The fourth-order valence-corrected chi connectivity index (χ4v) is 5.23. The molecule has 206 valence electrons. The monoisotopic (exact) mass is 530 g/mol. The van der Waals surface area contributed by atoms with Crippen LogP contribution in [0, 0.1) is 13.8 Å². The van der Waals surface area contributed by atoms with Crippen molar-refractivity contribution >= 4 is 18.0 Å². The molecule has 0 aliphatic carbocycles. The molecule has 2 unspecified atom stereocenters. The fraction of sp³-hybridized carbons (Fsp3) is 0.387. The van der Waals surface area contributed by atoms with Gasteiger partial charge in [0.15, 0.2) is 6.61 Å². The molecule has 0 bridgehead atoms. The summed E-state index contributed by atoms with van der Waals surface area (Å²) in [6.07, 6.45) is 4.85. The van der Waals surface area contributed by atoms with E-state index < -0.39 is 0 Å². The summed E-state index contributed by atoms with van der Waals surface area (Å²) in [5, 5.41) is 4.17. The lowest BCUT2D eigenvalue weighted by Crippen LogP contribution is -2.49. The molecule has 2 amide bonds. The van der Waals surface area contributed by atoms with Crippen LogP contribution in [-0.4, -0.2) is 52.8 Å². The van der Waals surface area contributed by atoms with E-state index in [1.807, 2.05) is 56.0 Å². The van der Waals surface area contributed by atoms with Gasteiger partial charge >= 0.3 is 0 Å². The van der Waals surface area contributed by atoms with Crippen molar-refractivity contribution in [1.29, 1.82) is 0 Å². The number of likely N-dealkylation sites (tertiary alicyclic amines) is 1. The van der Waals surface area contributed by atoms with E-state index in [4.69, 9.17) is 9.47 Å². The van der Waals surface area contributed by atoms with Crippen LogP contribution in [0.5, 0.6) is 11.5 Å². The van der Waals surface area contributed by atoms with Gasteiger partial charge in [0, 0.05) is 40.3 Å². The third-order valence-electron chi connectivity index (χ3n) is 7.21. The van der Waals surface area contributed by atoms with Gasteiger partial charge in [-0.15, -0.1) is 0 Å². The molecule has 0 spiro atoms. The van der Waals surface area contributed by atoms with Gasteiger partial charge in [-0.2, -0.15) is 5.10 Å². The van der Waals surface area contributed by atoms with Gasteiger partial charge in [-0.25, -0.2) is 5.43 Å². The Balaban J connectivity index is 1.32. The van der Waals surface area contributed by atoms with Crippen LogP contribution in [0.1, 0.15) is 67.3 Å². The fourth-order valence-electron chi connectivity index (χ4n) is 5.23. The SMILES string of the molecule is CCOc1ccc(-n2c(C)cc(C=NNC(=O)c3ccc(OCC(=O)N4C(C)CCCC4C)cc3)c2C)cc1. The predicted octanol–water partition coefficient (Wildman–Crippen LogP) is 5.43. The molecule has 2 aromatic carbocycles. The van der Waals surface area contributed by atoms with Crippen LogP contribution in [0.25, 0.3) is 5.69 Å². The van der Waals surface area contributed by atoms with Gasteiger partial charge in [0.05, 0.1) is 12.8 Å². The van der Waals surface area contributed by atoms with E-state index in [0.29, 0.717) is 17.9 Å². The van der Waals surface area contributed by atoms with Gasteiger partial charge in [0.25, 0.3) is 11.8 Å². The number of nitrogens with one attached hydrogen (secondary N) is 1. The standard InChI is InChI=1S/C31H38N4O4/c1-6-38-28-16-12-27(13-17-28)35-23(4)18-26(24(35)5)19-32-33-31(37)25-10-14-29(15-11-25)39-20-30(36)34-21(2)8-7-9-22(34)3/h10-19,21-22H,6-9,20H2,1-5H3,(H,33,37). The zero-order valence-corrected chi connectivity index (χ0v) is 23.4. The highest BCUT2D eigenvalue weighted by Gasteiger charge is 2.29. The first-order chi connectivity index (χ1) is 18.8. The molecule has 0 saturated carbocycles. The highest BCUT2D eigenvalue weighted by atomic mass is 16.5. The zero-order chi connectivity index (χ0) is 27.9. The Morgan fingerprint density at radius 2 is 1.59 bits per heavy atom. The van der Waals surface area contributed by atoms with Crippen LogP contribution in [0.2, 0.25) is 0 Å². The van der Waals surface area contributed by atoms with E-state index in [1.54, 1.807) is 30.5 Å². The zero-order valence-electron chi connectivity index (χ0n) is 23.4. The summed E-state index contributed by atoms with van der Waals surface area (Å²) in [5.74, 6) is 1.04. The topological polar surface area (TPSA) is 85.2 Å². The molecule has 1 N–H and O–H groups in total. The second-order valence-electron chi connectivity index (χ2n) is 10.0. The summed E-state index contributed by atoms with van der Waals surface area (Å²) in [4.78, 5) is 27.2. The largest absolute Gasteiger partial charge is 0.494 e. The van der Waals surface area contributed by atoms with Crippen LogP contribution in [0.3, 0.4) is 0 Å².